The summed E-state index contributed by atoms with van der Waals surface area (Å²) < 4.78 is 12.8. The summed E-state index contributed by atoms with van der Waals surface area (Å²) in [5.74, 6) is -0.385. The van der Waals surface area contributed by atoms with Crippen molar-refractivity contribution in [1.82, 2.24) is 4.57 Å². The Kier molecular flexibility index (Phi) is 10.1. The highest BCUT2D eigenvalue weighted by atomic mass is 79.9. The zero-order valence-corrected chi connectivity index (χ0v) is 14.5. The first-order valence-corrected chi connectivity index (χ1v) is 7.88. The minimum atomic E-state index is -0.385. The summed E-state index contributed by atoms with van der Waals surface area (Å²) >= 11 is 3.33. The molecule has 20 heavy (non-hydrogen) atoms. The molecule has 0 aliphatic carbocycles. The molecular formula is C15H24BrNO3. The van der Waals surface area contributed by atoms with E-state index in [-0.39, 0.29) is 12.5 Å². The quantitative estimate of drug-likeness (QED) is 0.748. The minimum Gasteiger partial charge on any atom is -0.408 e. The lowest BCUT2D eigenvalue weighted by atomic mass is 10.3. The number of oxazole rings is 1. The Labute approximate surface area is 128 Å². The van der Waals surface area contributed by atoms with E-state index in [4.69, 9.17) is 9.15 Å². The van der Waals surface area contributed by atoms with Crippen molar-refractivity contribution in [2.24, 2.45) is 0 Å². The van der Waals surface area contributed by atoms with Gasteiger partial charge in [0.05, 0.1) is 5.52 Å². The van der Waals surface area contributed by atoms with Crippen LogP contribution in [0.1, 0.15) is 41.0 Å². The molecule has 0 atom stereocenters. The molecule has 0 amide bonds. The van der Waals surface area contributed by atoms with Gasteiger partial charge in [-0.05, 0) is 24.6 Å². The zero-order valence-electron chi connectivity index (χ0n) is 12.9. The first-order valence-electron chi connectivity index (χ1n) is 7.09. The molecule has 0 bridgehead atoms. The third kappa shape index (κ3) is 5.13. The number of aromatic nitrogens is 1. The van der Waals surface area contributed by atoms with Crippen LogP contribution in [0.25, 0.3) is 11.1 Å². The van der Waals surface area contributed by atoms with E-state index in [1.807, 2.05) is 46.8 Å². The van der Waals surface area contributed by atoms with Crippen LogP contribution in [-0.2, 0) is 11.5 Å². The van der Waals surface area contributed by atoms with E-state index in [1.165, 1.54) is 4.57 Å². The van der Waals surface area contributed by atoms with Crippen molar-refractivity contribution in [1.29, 1.82) is 0 Å². The van der Waals surface area contributed by atoms with Gasteiger partial charge in [0.15, 0.2) is 5.58 Å². The summed E-state index contributed by atoms with van der Waals surface area (Å²) in [5, 5.41) is 0. The van der Waals surface area contributed by atoms with Crippen LogP contribution in [-0.4, -0.2) is 11.2 Å². The summed E-state index contributed by atoms with van der Waals surface area (Å²) in [6, 6.07) is 5.47. The van der Waals surface area contributed by atoms with Gasteiger partial charge in [0.1, 0.15) is 6.73 Å². The molecule has 0 aliphatic heterocycles. The standard InChI is InChI=1S/C11H12BrNO3.2C2H6/c1-2-5-15-7-13-9-4-3-8(12)6-10(9)16-11(13)14;2*1-2/h3-4,6H,2,5,7H2,1H3;2*1-2H3. The number of hydrogen-bond donors (Lipinski definition) is 0. The monoisotopic (exact) mass is 345 g/mol. The lowest BCUT2D eigenvalue weighted by Crippen LogP contribution is -2.16. The summed E-state index contributed by atoms with van der Waals surface area (Å²) in [4.78, 5) is 11.5. The number of nitrogens with zero attached hydrogens (tertiary/aromatic N) is 1. The second-order valence-corrected chi connectivity index (χ2v) is 4.36. The molecule has 0 fully saturated rings. The lowest BCUT2D eigenvalue weighted by molar-refractivity contribution is 0.0755. The first kappa shape index (κ1) is 18.9. The third-order valence-electron chi connectivity index (χ3n) is 2.20. The van der Waals surface area contributed by atoms with Gasteiger partial charge in [-0.3, -0.25) is 0 Å². The number of hydrogen-bond acceptors (Lipinski definition) is 3. The number of halogens is 1. The van der Waals surface area contributed by atoms with Crippen LogP contribution < -0.4 is 5.76 Å². The smallest absolute Gasteiger partial charge is 0.408 e. The van der Waals surface area contributed by atoms with Crippen LogP contribution in [0.5, 0.6) is 0 Å². The van der Waals surface area contributed by atoms with Gasteiger partial charge in [-0.15, -0.1) is 0 Å². The fraction of sp³-hybridized carbons (Fsp3) is 0.533. The predicted octanol–water partition coefficient (Wildman–Crippen LogP) is 4.79. The summed E-state index contributed by atoms with van der Waals surface area (Å²) in [7, 11) is 0. The van der Waals surface area contributed by atoms with Gasteiger partial charge in [0, 0.05) is 11.1 Å². The van der Waals surface area contributed by atoms with Crippen molar-refractivity contribution in [2.75, 3.05) is 6.61 Å². The van der Waals surface area contributed by atoms with Crippen molar-refractivity contribution in [3.8, 4) is 0 Å². The molecule has 0 unspecified atom stereocenters. The number of ether oxygens (including phenoxy) is 1. The molecule has 4 nitrogen and oxygen atoms in total. The largest absolute Gasteiger partial charge is 0.421 e. The molecule has 1 aromatic heterocycles. The molecule has 0 saturated heterocycles. The molecule has 2 rings (SSSR count). The maximum atomic E-state index is 11.5. The molecule has 0 radical (unpaired) electrons. The Bertz CT molecular complexity index is 546. The molecule has 114 valence electrons. The maximum absolute atomic E-state index is 11.5. The Morgan fingerprint density at radius 2 is 1.90 bits per heavy atom. The highest BCUT2D eigenvalue weighted by Crippen LogP contribution is 2.18. The van der Waals surface area contributed by atoms with E-state index in [0.717, 1.165) is 16.4 Å². The molecule has 0 saturated carbocycles. The number of rotatable bonds is 4. The molecule has 2 aromatic rings. The molecular weight excluding hydrogens is 322 g/mol. The molecule has 5 heteroatoms. The Morgan fingerprint density at radius 3 is 2.50 bits per heavy atom. The van der Waals surface area contributed by atoms with Gasteiger partial charge >= 0.3 is 5.76 Å². The average Bonchev–Trinajstić information content (AvgIpc) is 2.79. The van der Waals surface area contributed by atoms with Crippen LogP contribution in [0.2, 0.25) is 0 Å². The van der Waals surface area contributed by atoms with E-state index in [1.54, 1.807) is 6.07 Å². The SMILES string of the molecule is CC.CC.CCCOCn1c(=O)oc2cc(Br)ccc21. The van der Waals surface area contributed by atoms with E-state index in [0.29, 0.717) is 12.2 Å². The van der Waals surface area contributed by atoms with Gasteiger partial charge in [-0.1, -0.05) is 50.5 Å². The van der Waals surface area contributed by atoms with Crippen LogP contribution in [0.3, 0.4) is 0 Å². The fourth-order valence-corrected chi connectivity index (χ4v) is 1.80. The second kappa shape index (κ2) is 10.7. The van der Waals surface area contributed by atoms with Crippen LogP contribution in [0.15, 0.2) is 31.9 Å². The lowest BCUT2D eigenvalue weighted by Gasteiger charge is -2.02. The average molecular weight is 346 g/mol. The van der Waals surface area contributed by atoms with Crippen molar-refractivity contribution in [2.45, 2.75) is 47.8 Å². The minimum absolute atomic E-state index is 0.237. The summed E-state index contributed by atoms with van der Waals surface area (Å²) in [6.07, 6.45) is 0.927. The highest BCUT2D eigenvalue weighted by Gasteiger charge is 2.08. The van der Waals surface area contributed by atoms with Crippen molar-refractivity contribution >= 4 is 27.0 Å². The Balaban J connectivity index is 0.000000829. The zero-order chi connectivity index (χ0) is 15.5. The molecule has 0 aliphatic rings. The van der Waals surface area contributed by atoms with Crippen LogP contribution in [0, 0.1) is 0 Å². The normalized spacial score (nSPS) is 9.50. The highest BCUT2D eigenvalue weighted by molar-refractivity contribution is 9.10. The molecule has 0 N–H and O–H groups in total. The van der Waals surface area contributed by atoms with E-state index >= 15 is 0 Å². The fourth-order valence-electron chi connectivity index (χ4n) is 1.46. The van der Waals surface area contributed by atoms with E-state index in [9.17, 15) is 4.79 Å². The third-order valence-corrected chi connectivity index (χ3v) is 2.69. The van der Waals surface area contributed by atoms with Crippen molar-refractivity contribution in [3.63, 3.8) is 0 Å². The molecule has 0 spiro atoms. The number of benzene rings is 1. The van der Waals surface area contributed by atoms with Crippen molar-refractivity contribution < 1.29 is 9.15 Å². The summed E-state index contributed by atoms with van der Waals surface area (Å²) in [6.45, 7) is 10.9. The van der Waals surface area contributed by atoms with Gasteiger partial charge in [-0.25, -0.2) is 9.36 Å². The molecule has 1 aromatic carbocycles. The van der Waals surface area contributed by atoms with Crippen LogP contribution >= 0.6 is 15.9 Å². The first-order chi connectivity index (χ1) is 9.72. The number of fused-ring (bicyclic) bond motifs is 1. The predicted molar refractivity (Wildman–Crippen MR) is 87.1 cm³/mol. The Morgan fingerprint density at radius 1 is 1.25 bits per heavy atom. The maximum Gasteiger partial charge on any atom is 0.421 e. The van der Waals surface area contributed by atoms with Gasteiger partial charge < -0.3 is 9.15 Å². The second-order valence-electron chi connectivity index (χ2n) is 3.45. The topological polar surface area (TPSA) is 44.4 Å². The van der Waals surface area contributed by atoms with E-state index in [2.05, 4.69) is 15.9 Å². The van der Waals surface area contributed by atoms with Gasteiger partial charge in [0.2, 0.25) is 0 Å². The Hall–Kier alpha value is -1.07. The summed E-state index contributed by atoms with van der Waals surface area (Å²) in [5.41, 5.74) is 1.32. The van der Waals surface area contributed by atoms with E-state index < -0.39 is 0 Å². The molecule has 1 heterocycles. The van der Waals surface area contributed by atoms with Gasteiger partial charge in [0.25, 0.3) is 0 Å². The van der Waals surface area contributed by atoms with Crippen molar-refractivity contribution in [3.05, 3.63) is 33.2 Å². The van der Waals surface area contributed by atoms with Gasteiger partial charge in [-0.2, -0.15) is 0 Å². The van der Waals surface area contributed by atoms with Crippen LogP contribution in [0.4, 0.5) is 0 Å².